The Morgan fingerprint density at radius 3 is 2.33 bits per heavy atom. The first-order valence-corrected chi connectivity index (χ1v) is 7.55. The van der Waals surface area contributed by atoms with Gasteiger partial charge in [0.25, 0.3) is 0 Å². The molecule has 0 amide bonds. The Hall–Kier alpha value is -1.55. The van der Waals surface area contributed by atoms with Crippen LogP contribution in [0.2, 0.25) is 0 Å². The molecule has 1 aromatic rings. The number of aromatic carboxylic acids is 1. The van der Waals surface area contributed by atoms with Crippen LogP contribution in [-0.2, 0) is 10.0 Å². The van der Waals surface area contributed by atoms with Gasteiger partial charge in [0.15, 0.2) is 0 Å². The van der Waals surface area contributed by atoms with Crippen molar-refractivity contribution in [2.24, 2.45) is 0 Å². The fourth-order valence-corrected chi connectivity index (χ4v) is 3.38. The molecule has 21 heavy (non-hydrogen) atoms. The smallest absolute Gasteiger partial charge is 0.477 e. The van der Waals surface area contributed by atoms with Gasteiger partial charge in [-0.3, -0.25) is 0 Å². The summed E-state index contributed by atoms with van der Waals surface area (Å²) in [5.74, 6) is -1.13. The molecule has 118 valence electrons. The third-order valence-electron chi connectivity index (χ3n) is 3.45. The third-order valence-corrected chi connectivity index (χ3v) is 5.08. The highest BCUT2D eigenvalue weighted by Gasteiger charge is 2.50. The van der Waals surface area contributed by atoms with Crippen LogP contribution in [0.1, 0.15) is 29.4 Å². The number of hydrogen-bond acceptors (Lipinski definition) is 3. The zero-order valence-electron chi connectivity index (χ0n) is 10.7. The lowest BCUT2D eigenvalue weighted by atomic mass is 10.1. The molecule has 0 aliphatic carbocycles. The molecule has 0 radical (unpaired) electrons. The van der Waals surface area contributed by atoms with E-state index < -0.39 is 21.5 Å². The maximum atomic E-state index is 12.4. The zero-order chi connectivity index (χ0) is 15.8. The molecule has 6 nitrogen and oxygen atoms in total. The molecule has 2 rings (SSSR count). The molecule has 1 fully saturated rings. The molecule has 10 heteroatoms. The Labute approximate surface area is 118 Å². The summed E-state index contributed by atoms with van der Waals surface area (Å²) in [7, 11) is -5.31. The van der Waals surface area contributed by atoms with Gasteiger partial charge in [0.1, 0.15) is 5.69 Å². The van der Waals surface area contributed by atoms with Crippen LogP contribution in [0.4, 0.5) is 13.2 Å². The Balaban J connectivity index is 2.11. The molecule has 2 heterocycles. The van der Waals surface area contributed by atoms with Gasteiger partial charge >= 0.3 is 21.5 Å². The molecular weight excluding hydrogens is 313 g/mol. The van der Waals surface area contributed by atoms with Crippen molar-refractivity contribution in [3.63, 3.8) is 0 Å². The highest BCUT2D eigenvalue weighted by molar-refractivity contribution is 7.90. The number of halogens is 3. The summed E-state index contributed by atoms with van der Waals surface area (Å²) in [6, 6.07) is 2.59. The molecule has 1 aliphatic rings. The van der Waals surface area contributed by atoms with Crippen LogP contribution in [0.25, 0.3) is 0 Å². The second-order valence-corrected chi connectivity index (χ2v) is 6.62. The molecule has 0 unspecified atom stereocenters. The second kappa shape index (κ2) is 5.34. The number of sulfonamides is 1. The van der Waals surface area contributed by atoms with E-state index in [1.54, 1.807) is 0 Å². The molecule has 0 spiro atoms. The number of nitrogens with zero attached hydrogens (tertiary/aromatic N) is 2. The number of alkyl halides is 3. The Morgan fingerprint density at radius 2 is 1.86 bits per heavy atom. The van der Waals surface area contributed by atoms with Crippen LogP contribution in [0.5, 0.6) is 0 Å². The van der Waals surface area contributed by atoms with Crippen molar-refractivity contribution in [2.45, 2.75) is 24.4 Å². The molecule has 1 N–H and O–H groups in total. The Kier molecular flexibility index (Phi) is 4.02. The van der Waals surface area contributed by atoms with Gasteiger partial charge in [-0.1, -0.05) is 0 Å². The fourth-order valence-electron chi connectivity index (χ4n) is 2.40. The van der Waals surface area contributed by atoms with Crippen molar-refractivity contribution in [1.29, 1.82) is 0 Å². The van der Waals surface area contributed by atoms with Gasteiger partial charge in [-0.25, -0.2) is 13.2 Å². The molecule has 1 aromatic heterocycles. The van der Waals surface area contributed by atoms with Crippen molar-refractivity contribution in [3.8, 4) is 0 Å². The number of carboxylic acids is 1. The average molecular weight is 326 g/mol. The first-order chi connectivity index (χ1) is 9.64. The number of hydrogen-bond donors (Lipinski definition) is 1. The maximum Gasteiger partial charge on any atom is 0.511 e. The van der Waals surface area contributed by atoms with E-state index in [0.29, 0.717) is 4.31 Å². The topological polar surface area (TPSA) is 79.6 Å². The van der Waals surface area contributed by atoms with E-state index in [4.69, 9.17) is 5.11 Å². The minimum atomic E-state index is -5.31. The van der Waals surface area contributed by atoms with Crippen LogP contribution in [0, 0.1) is 0 Å². The van der Waals surface area contributed by atoms with Crippen LogP contribution in [0.15, 0.2) is 18.3 Å². The summed E-state index contributed by atoms with van der Waals surface area (Å²) in [6.45, 7) is -0.576. The normalized spacial score (nSPS) is 18.8. The first-order valence-electron chi connectivity index (χ1n) is 6.11. The van der Waals surface area contributed by atoms with E-state index in [1.165, 1.54) is 22.9 Å². The minimum absolute atomic E-state index is 0.0344. The molecule has 0 saturated carbocycles. The fraction of sp³-hybridized carbons (Fsp3) is 0.545. The SMILES string of the molecule is O=C(O)c1cccn1C1CCN(S(=O)(=O)C(F)(F)F)CC1. The number of carboxylic acid groups (broad SMARTS) is 1. The predicted octanol–water partition coefficient (Wildman–Crippen LogP) is 1.67. The zero-order valence-corrected chi connectivity index (χ0v) is 11.6. The Bertz CT molecular complexity index is 630. The van der Waals surface area contributed by atoms with Gasteiger partial charge in [0, 0.05) is 25.3 Å². The lowest BCUT2D eigenvalue weighted by molar-refractivity contribution is -0.0496. The van der Waals surface area contributed by atoms with Crippen LogP contribution in [0.3, 0.4) is 0 Å². The van der Waals surface area contributed by atoms with Crippen molar-refractivity contribution in [3.05, 3.63) is 24.0 Å². The summed E-state index contributed by atoms with van der Waals surface area (Å²) < 4.78 is 61.7. The van der Waals surface area contributed by atoms with Crippen LogP contribution < -0.4 is 0 Å². The van der Waals surface area contributed by atoms with Gasteiger partial charge in [0.05, 0.1) is 0 Å². The first kappa shape index (κ1) is 15.8. The van der Waals surface area contributed by atoms with Gasteiger partial charge in [-0.05, 0) is 25.0 Å². The summed E-state index contributed by atoms with van der Waals surface area (Å²) in [6.07, 6.45) is 1.79. The van der Waals surface area contributed by atoms with Crippen molar-refractivity contribution < 1.29 is 31.5 Å². The van der Waals surface area contributed by atoms with E-state index in [-0.39, 0.29) is 37.7 Å². The van der Waals surface area contributed by atoms with E-state index in [0.717, 1.165) is 0 Å². The summed E-state index contributed by atoms with van der Waals surface area (Å²) in [5.41, 5.74) is -5.27. The highest BCUT2D eigenvalue weighted by Crippen LogP contribution is 2.32. The molecule has 1 aliphatic heterocycles. The molecule has 1 saturated heterocycles. The molecule has 0 bridgehead atoms. The number of aromatic nitrogens is 1. The van der Waals surface area contributed by atoms with Gasteiger partial charge in [0.2, 0.25) is 0 Å². The quantitative estimate of drug-likeness (QED) is 0.916. The van der Waals surface area contributed by atoms with Gasteiger partial charge in [-0.15, -0.1) is 0 Å². The minimum Gasteiger partial charge on any atom is -0.477 e. The Morgan fingerprint density at radius 1 is 1.29 bits per heavy atom. The highest BCUT2D eigenvalue weighted by atomic mass is 32.2. The van der Waals surface area contributed by atoms with Crippen molar-refractivity contribution in [1.82, 2.24) is 8.87 Å². The molecule has 0 aromatic carbocycles. The van der Waals surface area contributed by atoms with Crippen molar-refractivity contribution >= 4 is 16.0 Å². The number of piperidine rings is 1. The second-order valence-electron chi connectivity index (χ2n) is 4.69. The summed E-state index contributed by atoms with van der Waals surface area (Å²) >= 11 is 0. The number of carbonyl (C=O) groups is 1. The number of rotatable bonds is 3. The molecular formula is C11H13F3N2O4S. The summed E-state index contributed by atoms with van der Waals surface area (Å²) in [4.78, 5) is 11.0. The van der Waals surface area contributed by atoms with Gasteiger partial charge in [-0.2, -0.15) is 17.5 Å². The van der Waals surface area contributed by atoms with E-state index >= 15 is 0 Å². The standard InChI is InChI=1S/C11H13F3N2O4S/c12-11(13,14)21(19,20)15-6-3-8(4-7-15)16-5-1-2-9(16)10(17)18/h1-2,5,8H,3-4,6-7H2,(H,17,18). The lowest BCUT2D eigenvalue weighted by Gasteiger charge is -2.32. The van der Waals surface area contributed by atoms with Crippen LogP contribution >= 0.6 is 0 Å². The van der Waals surface area contributed by atoms with Gasteiger partial charge < -0.3 is 9.67 Å². The van der Waals surface area contributed by atoms with E-state index in [2.05, 4.69) is 0 Å². The van der Waals surface area contributed by atoms with Crippen LogP contribution in [-0.4, -0.2) is 47.0 Å². The maximum absolute atomic E-state index is 12.4. The van der Waals surface area contributed by atoms with E-state index in [9.17, 15) is 26.4 Å². The third kappa shape index (κ3) is 2.91. The monoisotopic (exact) mass is 326 g/mol. The van der Waals surface area contributed by atoms with Crippen molar-refractivity contribution in [2.75, 3.05) is 13.1 Å². The van der Waals surface area contributed by atoms with E-state index in [1.807, 2.05) is 0 Å². The summed E-state index contributed by atoms with van der Waals surface area (Å²) in [5, 5.41) is 9.00. The lowest BCUT2D eigenvalue weighted by Crippen LogP contribution is -2.45. The largest absolute Gasteiger partial charge is 0.511 e. The molecule has 0 atom stereocenters. The predicted molar refractivity (Wildman–Crippen MR) is 66.2 cm³/mol. The average Bonchev–Trinajstić information content (AvgIpc) is 2.86.